The zero-order valence-electron chi connectivity index (χ0n) is 7.19. The topological polar surface area (TPSA) is 72.8 Å². The van der Waals surface area contributed by atoms with E-state index in [0.717, 1.165) is 6.42 Å². The maximum Gasteiger partial charge on any atom is 0.308 e. The Morgan fingerprint density at radius 2 is 2.00 bits per heavy atom. The zero-order chi connectivity index (χ0) is 9.68. The summed E-state index contributed by atoms with van der Waals surface area (Å²) in [4.78, 5) is 20.1. The van der Waals surface area contributed by atoms with Gasteiger partial charge in [0.2, 0.25) is 0 Å². The van der Waals surface area contributed by atoms with Crippen LogP contribution in [0.2, 0.25) is 0 Å². The van der Waals surface area contributed by atoms with E-state index in [4.69, 9.17) is 5.11 Å². The first kappa shape index (κ1) is 9.98. The van der Waals surface area contributed by atoms with E-state index in [9.17, 15) is 9.59 Å². The van der Waals surface area contributed by atoms with Crippen molar-refractivity contribution in [2.45, 2.75) is 25.4 Å². The monoisotopic (exact) mass is 188 g/mol. The van der Waals surface area contributed by atoms with Crippen molar-refractivity contribution in [2.75, 3.05) is 13.2 Å². The molecule has 0 amide bonds. The average molecular weight is 188 g/mol. The molecule has 2 rings (SSSR count). The summed E-state index contributed by atoms with van der Waals surface area (Å²) in [6.45, 7) is 0.817. The van der Waals surface area contributed by atoms with E-state index in [1.807, 2.05) is 0 Å². The second-order valence-electron chi connectivity index (χ2n) is 2.86. The lowest BCUT2D eigenvalue weighted by molar-refractivity contribution is -0.138. The van der Waals surface area contributed by atoms with Crippen LogP contribution in [0.25, 0.3) is 0 Å². The smallest absolute Gasteiger partial charge is 0.308 e. The van der Waals surface area contributed by atoms with Crippen LogP contribution >= 0.6 is 0 Å². The molecular weight excluding hydrogens is 176 g/mol. The van der Waals surface area contributed by atoms with Crippen LogP contribution in [-0.4, -0.2) is 36.4 Å². The van der Waals surface area contributed by atoms with Gasteiger partial charge in [-0.25, -0.2) is 0 Å². The van der Waals surface area contributed by atoms with Gasteiger partial charge in [-0.3, -0.25) is 9.59 Å². The van der Waals surface area contributed by atoms with E-state index in [0.29, 0.717) is 13.0 Å². The van der Waals surface area contributed by atoms with Crippen molar-refractivity contribution in [3.05, 3.63) is 0 Å². The van der Waals surface area contributed by atoms with Crippen LogP contribution in [0.1, 0.15) is 19.3 Å². The van der Waals surface area contributed by atoms with E-state index < -0.39 is 6.10 Å². The molecule has 13 heavy (non-hydrogen) atoms. The number of cyclic esters (lactones) is 2. The molecule has 1 atom stereocenters. The second-order valence-corrected chi connectivity index (χ2v) is 2.86. The molecule has 2 heterocycles. The van der Waals surface area contributed by atoms with Crippen molar-refractivity contribution in [2.24, 2.45) is 0 Å². The number of carbonyl (C=O) groups excluding carboxylic acids is 2. The molecular formula is C8H12O5. The van der Waals surface area contributed by atoms with E-state index in [2.05, 4.69) is 9.47 Å². The standard InChI is InChI=1S/C4H6O3.C4H6O2/c5-3-1-4(6)7-2-3;5-4-2-1-3-6-4/h3,5H,1-2H2;1-3H2/t3-;/m0./s1. The Labute approximate surface area is 75.6 Å². The minimum Gasteiger partial charge on any atom is -0.466 e. The maximum absolute atomic E-state index is 10.1. The van der Waals surface area contributed by atoms with Crippen molar-refractivity contribution < 1.29 is 24.2 Å². The van der Waals surface area contributed by atoms with Crippen LogP contribution in [0.15, 0.2) is 0 Å². The van der Waals surface area contributed by atoms with E-state index in [1.54, 1.807) is 0 Å². The molecule has 1 N–H and O–H groups in total. The summed E-state index contributed by atoms with van der Waals surface area (Å²) in [5.74, 6) is -0.345. The lowest BCUT2D eigenvalue weighted by Gasteiger charge is -1.87. The Balaban J connectivity index is 0.000000132. The average Bonchev–Trinajstić information content (AvgIpc) is 2.64. The molecule has 0 radical (unpaired) electrons. The largest absolute Gasteiger partial charge is 0.466 e. The molecule has 0 spiro atoms. The van der Waals surface area contributed by atoms with Crippen LogP contribution in [0, 0.1) is 0 Å². The van der Waals surface area contributed by atoms with Crippen LogP contribution in [0.3, 0.4) is 0 Å². The SMILES string of the molecule is O=C1CCCO1.O=C1C[C@H](O)CO1. The van der Waals surface area contributed by atoms with Gasteiger partial charge in [-0.2, -0.15) is 0 Å². The third kappa shape index (κ3) is 3.89. The molecule has 2 aliphatic rings. The molecule has 0 aromatic heterocycles. The van der Waals surface area contributed by atoms with Gasteiger partial charge in [0.25, 0.3) is 0 Å². The minimum absolute atomic E-state index is 0.0463. The second kappa shape index (κ2) is 4.81. The van der Waals surface area contributed by atoms with Gasteiger partial charge in [-0.15, -0.1) is 0 Å². The molecule has 0 aliphatic carbocycles. The molecule has 2 aliphatic heterocycles. The fraction of sp³-hybridized carbons (Fsp3) is 0.750. The molecule has 0 aromatic rings. The molecule has 0 bridgehead atoms. The van der Waals surface area contributed by atoms with Crippen LogP contribution in [0.5, 0.6) is 0 Å². The van der Waals surface area contributed by atoms with Gasteiger partial charge < -0.3 is 14.6 Å². The van der Waals surface area contributed by atoms with Gasteiger partial charge in [0.15, 0.2) is 0 Å². The van der Waals surface area contributed by atoms with E-state index in [1.165, 1.54) is 0 Å². The normalized spacial score (nSPS) is 26.1. The summed E-state index contributed by atoms with van der Waals surface area (Å²) in [6.07, 6.45) is 1.16. The minimum atomic E-state index is -0.549. The zero-order valence-corrected chi connectivity index (χ0v) is 7.19. The summed E-state index contributed by atoms with van der Waals surface area (Å²) in [6, 6.07) is 0. The highest BCUT2D eigenvalue weighted by Gasteiger charge is 2.20. The highest BCUT2D eigenvalue weighted by Crippen LogP contribution is 2.03. The van der Waals surface area contributed by atoms with Crippen LogP contribution in [0.4, 0.5) is 0 Å². The number of esters is 2. The lowest BCUT2D eigenvalue weighted by Crippen LogP contribution is -2.02. The Bertz CT molecular complexity index is 193. The summed E-state index contributed by atoms with van der Waals surface area (Å²) in [7, 11) is 0. The fourth-order valence-corrected chi connectivity index (χ4v) is 0.974. The van der Waals surface area contributed by atoms with Crippen molar-refractivity contribution in [3.63, 3.8) is 0 Å². The van der Waals surface area contributed by atoms with Crippen molar-refractivity contribution in [3.8, 4) is 0 Å². The quantitative estimate of drug-likeness (QED) is 0.524. The van der Waals surface area contributed by atoms with Gasteiger partial charge in [-0.1, -0.05) is 0 Å². The number of hydrogen-bond donors (Lipinski definition) is 1. The number of aliphatic hydroxyl groups is 1. The third-order valence-corrected chi connectivity index (χ3v) is 1.63. The molecule has 74 valence electrons. The first-order chi connectivity index (χ1) is 6.18. The third-order valence-electron chi connectivity index (χ3n) is 1.63. The molecule has 0 saturated carbocycles. The number of rotatable bonds is 0. The van der Waals surface area contributed by atoms with Crippen LogP contribution < -0.4 is 0 Å². The fourth-order valence-electron chi connectivity index (χ4n) is 0.974. The highest BCUT2D eigenvalue weighted by molar-refractivity contribution is 5.71. The molecule has 2 fully saturated rings. The van der Waals surface area contributed by atoms with Crippen LogP contribution in [-0.2, 0) is 19.1 Å². The van der Waals surface area contributed by atoms with E-state index in [-0.39, 0.29) is 25.0 Å². The number of ether oxygens (including phenoxy) is 2. The van der Waals surface area contributed by atoms with Gasteiger partial charge in [0, 0.05) is 6.42 Å². The Morgan fingerprint density at radius 1 is 1.23 bits per heavy atom. The molecule has 0 aromatic carbocycles. The molecule has 0 unspecified atom stereocenters. The van der Waals surface area contributed by atoms with E-state index >= 15 is 0 Å². The molecule has 5 nitrogen and oxygen atoms in total. The van der Waals surface area contributed by atoms with Gasteiger partial charge >= 0.3 is 11.9 Å². The number of hydrogen-bond acceptors (Lipinski definition) is 5. The summed E-state index contributed by atoms with van der Waals surface area (Å²) >= 11 is 0. The van der Waals surface area contributed by atoms with Crippen molar-refractivity contribution in [1.82, 2.24) is 0 Å². The first-order valence-corrected chi connectivity index (χ1v) is 4.18. The predicted octanol–water partition coefficient (Wildman–Crippen LogP) is -0.382. The maximum atomic E-state index is 10.1. The summed E-state index contributed by atoms with van der Waals surface area (Å²) in [5.41, 5.74) is 0. The lowest BCUT2D eigenvalue weighted by atomic mass is 10.3. The van der Waals surface area contributed by atoms with Gasteiger partial charge in [0.1, 0.15) is 6.61 Å². The number of aliphatic hydroxyl groups excluding tert-OH is 1. The van der Waals surface area contributed by atoms with Crippen molar-refractivity contribution >= 4 is 11.9 Å². The molecule has 2 saturated heterocycles. The van der Waals surface area contributed by atoms with Gasteiger partial charge in [0.05, 0.1) is 19.1 Å². The van der Waals surface area contributed by atoms with Crippen molar-refractivity contribution in [1.29, 1.82) is 0 Å². The summed E-state index contributed by atoms with van der Waals surface area (Å²) < 4.78 is 8.89. The highest BCUT2D eigenvalue weighted by atomic mass is 16.6. The first-order valence-electron chi connectivity index (χ1n) is 4.18. The Hall–Kier alpha value is -1.10. The predicted molar refractivity (Wildman–Crippen MR) is 41.8 cm³/mol. The Kier molecular flexibility index (Phi) is 3.70. The van der Waals surface area contributed by atoms with Gasteiger partial charge in [-0.05, 0) is 6.42 Å². The molecule has 5 heteroatoms. The Morgan fingerprint density at radius 3 is 2.15 bits per heavy atom. The number of carbonyl (C=O) groups is 2. The summed E-state index contributed by atoms with van der Waals surface area (Å²) in [5, 5.41) is 8.55.